The van der Waals surface area contributed by atoms with Crippen molar-refractivity contribution < 1.29 is 19.2 Å². The van der Waals surface area contributed by atoms with Gasteiger partial charge in [-0.2, -0.15) is 0 Å². The van der Waals surface area contributed by atoms with Crippen LogP contribution in [-0.4, -0.2) is 33.1 Å². The van der Waals surface area contributed by atoms with Crippen LogP contribution in [0.25, 0.3) is 10.2 Å². The van der Waals surface area contributed by atoms with Crippen molar-refractivity contribution in [2.24, 2.45) is 0 Å². The van der Waals surface area contributed by atoms with Gasteiger partial charge in [-0.25, -0.2) is 14.5 Å². The van der Waals surface area contributed by atoms with Gasteiger partial charge < -0.3 is 4.74 Å². The summed E-state index contributed by atoms with van der Waals surface area (Å²) in [7, 11) is 0. The van der Waals surface area contributed by atoms with E-state index in [1.807, 2.05) is 0 Å². The Kier molecular flexibility index (Phi) is 5.18. The first-order chi connectivity index (χ1) is 13.3. The van der Waals surface area contributed by atoms with E-state index in [4.69, 9.17) is 4.74 Å². The third-order valence-electron chi connectivity index (χ3n) is 3.78. The number of nitrogens with zero attached hydrogens (tertiary/aromatic N) is 3. The van der Waals surface area contributed by atoms with Gasteiger partial charge >= 0.3 is 5.97 Å². The first-order valence-corrected chi connectivity index (χ1v) is 8.94. The van der Waals surface area contributed by atoms with Crippen LogP contribution in [0.15, 0.2) is 34.4 Å². The molecule has 1 amide bonds. The molecule has 1 N–H and O–H groups in total. The van der Waals surface area contributed by atoms with Gasteiger partial charge in [0.25, 0.3) is 17.2 Å². The fraction of sp³-hybridized carbons (Fsp3) is 0.176. The van der Waals surface area contributed by atoms with E-state index in [2.05, 4.69) is 10.4 Å². The number of carbonyl (C=O) groups is 2. The third kappa shape index (κ3) is 3.60. The molecule has 0 aliphatic rings. The topological polar surface area (TPSA) is 133 Å². The molecule has 0 aliphatic carbocycles. The molecule has 1 aromatic carbocycles. The summed E-state index contributed by atoms with van der Waals surface area (Å²) in [5.74, 6) is -1.37. The van der Waals surface area contributed by atoms with Gasteiger partial charge in [-0.3, -0.25) is 25.1 Å². The number of fused-ring (bicyclic) bond motifs is 1. The number of nitrogens with one attached hydrogen (secondary N) is 1. The lowest BCUT2D eigenvalue weighted by Crippen LogP contribution is -2.35. The lowest BCUT2D eigenvalue weighted by molar-refractivity contribution is -0.384. The van der Waals surface area contributed by atoms with Crippen molar-refractivity contribution in [1.82, 2.24) is 9.66 Å². The number of nitro groups is 1. The number of hydrogen-bond acceptors (Lipinski definition) is 8. The molecule has 0 fully saturated rings. The van der Waals surface area contributed by atoms with Crippen molar-refractivity contribution in [3.63, 3.8) is 0 Å². The summed E-state index contributed by atoms with van der Waals surface area (Å²) in [6.45, 7) is 3.20. The van der Waals surface area contributed by atoms with Crippen LogP contribution in [-0.2, 0) is 4.74 Å². The summed E-state index contributed by atoms with van der Waals surface area (Å²) in [4.78, 5) is 52.3. The lowest BCUT2D eigenvalue weighted by atomic mass is 10.1. The summed E-state index contributed by atoms with van der Waals surface area (Å²) in [6.07, 6.45) is 0. The Hall–Kier alpha value is -3.60. The normalized spacial score (nSPS) is 10.6. The standard InChI is InChI=1S/C17H14N4O6S/c1-3-27-17(24)11-6-10(7-12(8-11)21(25)26)14(22)19-20-9(2)18-15-13(16(20)23)4-5-28-15/h4-8H,3H2,1-2H3,(H,19,22). The van der Waals surface area contributed by atoms with Gasteiger partial charge in [0, 0.05) is 17.7 Å². The summed E-state index contributed by atoms with van der Waals surface area (Å²) < 4.78 is 5.79. The molecule has 0 aliphatic heterocycles. The van der Waals surface area contributed by atoms with Crippen molar-refractivity contribution in [2.75, 3.05) is 12.0 Å². The predicted octanol–water partition coefficient (Wildman–Crippen LogP) is 2.24. The highest BCUT2D eigenvalue weighted by molar-refractivity contribution is 7.16. The van der Waals surface area contributed by atoms with E-state index in [1.54, 1.807) is 25.3 Å². The van der Waals surface area contributed by atoms with E-state index in [0.29, 0.717) is 10.2 Å². The van der Waals surface area contributed by atoms with E-state index in [-0.39, 0.29) is 23.6 Å². The molecule has 3 rings (SSSR count). The van der Waals surface area contributed by atoms with Gasteiger partial charge in [-0.1, -0.05) is 0 Å². The Bertz CT molecular complexity index is 1170. The number of amides is 1. The molecule has 2 aromatic heterocycles. The van der Waals surface area contributed by atoms with Gasteiger partial charge in [-0.15, -0.1) is 11.3 Å². The molecule has 144 valence electrons. The second-order valence-corrected chi connectivity index (χ2v) is 6.52. The van der Waals surface area contributed by atoms with Crippen LogP contribution in [0.3, 0.4) is 0 Å². The highest BCUT2D eigenvalue weighted by Gasteiger charge is 2.20. The Morgan fingerprint density at radius 2 is 2.04 bits per heavy atom. The first kappa shape index (κ1) is 19.2. The predicted molar refractivity (Wildman–Crippen MR) is 101 cm³/mol. The van der Waals surface area contributed by atoms with Gasteiger partial charge in [-0.05, 0) is 31.4 Å². The maximum Gasteiger partial charge on any atom is 0.338 e. The summed E-state index contributed by atoms with van der Waals surface area (Å²) >= 11 is 1.29. The molecule has 0 spiro atoms. The number of ether oxygens (including phenoxy) is 1. The Morgan fingerprint density at radius 3 is 2.71 bits per heavy atom. The van der Waals surface area contributed by atoms with Crippen LogP contribution in [0, 0.1) is 17.0 Å². The van der Waals surface area contributed by atoms with Crippen molar-refractivity contribution in [3.05, 3.63) is 67.1 Å². The molecule has 3 aromatic rings. The minimum Gasteiger partial charge on any atom is -0.462 e. The van der Waals surface area contributed by atoms with Gasteiger partial charge in [0.15, 0.2) is 0 Å². The number of aryl methyl sites for hydroxylation is 1. The molecule has 0 atom stereocenters. The summed E-state index contributed by atoms with van der Waals surface area (Å²) in [5, 5.41) is 13.2. The molecule has 10 nitrogen and oxygen atoms in total. The maximum atomic E-state index is 12.6. The number of non-ortho nitro benzene ring substituents is 1. The van der Waals surface area contributed by atoms with Crippen molar-refractivity contribution in [3.8, 4) is 0 Å². The number of thiophene rings is 1. The van der Waals surface area contributed by atoms with Crippen LogP contribution in [0.2, 0.25) is 0 Å². The zero-order valence-corrected chi connectivity index (χ0v) is 15.6. The SMILES string of the molecule is CCOC(=O)c1cc(C(=O)Nn2c(C)nc3sccc3c2=O)cc([N+](=O)[O-])c1. The smallest absolute Gasteiger partial charge is 0.338 e. The van der Waals surface area contributed by atoms with E-state index in [0.717, 1.165) is 22.9 Å². The molecule has 0 radical (unpaired) electrons. The Balaban J connectivity index is 2.02. The van der Waals surface area contributed by atoms with E-state index < -0.39 is 28.0 Å². The number of hydrogen-bond donors (Lipinski definition) is 1. The largest absolute Gasteiger partial charge is 0.462 e. The van der Waals surface area contributed by atoms with Crippen molar-refractivity contribution in [2.45, 2.75) is 13.8 Å². The number of esters is 1. The number of aromatic nitrogens is 2. The fourth-order valence-electron chi connectivity index (χ4n) is 2.49. The minimum absolute atomic E-state index is 0.0734. The second-order valence-electron chi connectivity index (χ2n) is 5.63. The van der Waals surface area contributed by atoms with Crippen molar-refractivity contribution in [1.29, 1.82) is 0 Å². The molecule has 11 heteroatoms. The van der Waals surface area contributed by atoms with Crippen LogP contribution in [0.5, 0.6) is 0 Å². The second kappa shape index (κ2) is 7.56. The Morgan fingerprint density at radius 1 is 1.32 bits per heavy atom. The molecule has 0 saturated heterocycles. The van der Waals surface area contributed by atoms with Gasteiger partial charge in [0.05, 0.1) is 22.5 Å². The average Bonchev–Trinajstić information content (AvgIpc) is 3.13. The van der Waals surface area contributed by atoms with E-state index in [1.165, 1.54) is 11.3 Å². The molecule has 0 bridgehead atoms. The quantitative estimate of drug-likeness (QED) is 0.393. The first-order valence-electron chi connectivity index (χ1n) is 8.06. The Labute approximate surface area is 161 Å². The molecule has 0 saturated carbocycles. The summed E-state index contributed by atoms with van der Waals surface area (Å²) in [5.41, 5.74) is 1.13. The summed E-state index contributed by atoms with van der Waals surface area (Å²) in [6, 6.07) is 4.78. The van der Waals surface area contributed by atoms with Gasteiger partial charge in [0.1, 0.15) is 10.7 Å². The maximum absolute atomic E-state index is 12.6. The fourth-order valence-corrected chi connectivity index (χ4v) is 3.29. The highest BCUT2D eigenvalue weighted by Crippen LogP contribution is 2.19. The van der Waals surface area contributed by atoms with Gasteiger partial charge in [0.2, 0.25) is 0 Å². The third-order valence-corrected chi connectivity index (χ3v) is 4.59. The van der Waals surface area contributed by atoms with Crippen molar-refractivity contribution >= 4 is 39.1 Å². The molecule has 0 unspecified atom stereocenters. The van der Waals surface area contributed by atoms with Crippen LogP contribution in [0.1, 0.15) is 33.5 Å². The number of nitro benzene ring substituents is 1. The molecule has 28 heavy (non-hydrogen) atoms. The zero-order valence-electron chi connectivity index (χ0n) is 14.8. The highest BCUT2D eigenvalue weighted by atomic mass is 32.1. The average molecular weight is 402 g/mol. The number of carbonyl (C=O) groups excluding carboxylic acids is 2. The van der Waals surface area contributed by atoms with Crippen LogP contribution in [0.4, 0.5) is 5.69 Å². The molecular formula is C17H14N4O6S. The monoisotopic (exact) mass is 402 g/mol. The zero-order chi connectivity index (χ0) is 20.4. The number of benzene rings is 1. The number of rotatable bonds is 5. The van der Waals surface area contributed by atoms with Crippen LogP contribution < -0.4 is 11.0 Å². The van der Waals surface area contributed by atoms with E-state index >= 15 is 0 Å². The lowest BCUT2D eigenvalue weighted by Gasteiger charge is -2.11. The molecule has 2 heterocycles. The molecular weight excluding hydrogens is 388 g/mol. The van der Waals surface area contributed by atoms with Crippen LogP contribution >= 0.6 is 11.3 Å². The minimum atomic E-state index is -0.809. The van der Waals surface area contributed by atoms with E-state index in [9.17, 15) is 24.5 Å².